The summed E-state index contributed by atoms with van der Waals surface area (Å²) in [6, 6.07) is -0.833. The Bertz CT molecular complexity index is 115. The van der Waals surface area contributed by atoms with Gasteiger partial charge in [-0.15, -0.1) is 0 Å². The molecule has 6 N–H and O–H groups in total. The number of hydrogen-bond acceptors (Lipinski definition) is 3. The lowest BCUT2D eigenvalue weighted by Gasteiger charge is -1.89. The van der Waals surface area contributed by atoms with E-state index in [0.717, 1.165) is 0 Å². The monoisotopic (exact) mass is 150 g/mol. The van der Waals surface area contributed by atoms with Gasteiger partial charge < -0.3 is 21.9 Å². The van der Waals surface area contributed by atoms with Crippen molar-refractivity contribution in [3.05, 3.63) is 0 Å². The second-order valence-electron chi connectivity index (χ2n) is 1.15. The molecular weight excluding hydrogens is 138 g/mol. The van der Waals surface area contributed by atoms with E-state index >= 15 is 0 Å². The highest BCUT2D eigenvalue weighted by Crippen LogP contribution is 1.66. The van der Waals surface area contributed by atoms with E-state index in [1.165, 1.54) is 0 Å². The van der Waals surface area contributed by atoms with Gasteiger partial charge in [-0.05, 0) is 6.92 Å². The minimum Gasteiger partial charge on any atom is -0.450 e. The first kappa shape index (κ1) is 11.4. The lowest BCUT2D eigenvalue weighted by atomic mass is 10.9. The number of carbonyl (C=O) groups excluding carboxylic acids is 2. The fourth-order valence-electron chi connectivity index (χ4n) is 0.142. The number of hydrogen-bond donors (Lipinski definition) is 3. The summed E-state index contributed by atoms with van der Waals surface area (Å²) in [6.45, 7) is 2.06. The Morgan fingerprint density at radius 3 is 1.70 bits per heavy atom. The zero-order chi connectivity index (χ0) is 8.57. The van der Waals surface area contributed by atoms with Crippen molar-refractivity contribution in [2.24, 2.45) is 17.2 Å². The van der Waals surface area contributed by atoms with Crippen LogP contribution in [0.3, 0.4) is 0 Å². The molecule has 6 heteroatoms. The molecule has 0 aromatic rings. The van der Waals surface area contributed by atoms with Crippen LogP contribution in [0.5, 0.6) is 0 Å². The molecule has 0 aromatic heterocycles. The number of ether oxygens (including phenoxy) is 1. The van der Waals surface area contributed by atoms with E-state index in [2.05, 4.69) is 21.9 Å². The van der Waals surface area contributed by atoms with E-state index in [1.54, 1.807) is 6.92 Å². The van der Waals surface area contributed by atoms with Gasteiger partial charge in [0, 0.05) is 0 Å². The van der Waals surface area contributed by atoms with E-state index in [1.807, 2.05) is 0 Å². The number of nitrogens with two attached hydrogens (primary N) is 3. The SMILES string of the molecule is CCOC(N)=O.NC(N)=O.[H+]. The van der Waals surface area contributed by atoms with Gasteiger partial charge in [-0.3, -0.25) is 0 Å². The lowest BCUT2D eigenvalue weighted by Crippen LogP contribution is -2.18. The van der Waals surface area contributed by atoms with Crippen LogP contribution < -0.4 is 17.2 Å². The molecule has 0 saturated heterocycles. The summed E-state index contributed by atoms with van der Waals surface area (Å²) in [5, 5.41) is 0. The maximum atomic E-state index is 9.60. The molecule has 0 radical (unpaired) electrons. The third-order valence-corrected chi connectivity index (χ3v) is 0.287. The van der Waals surface area contributed by atoms with Gasteiger partial charge in [-0.1, -0.05) is 0 Å². The van der Waals surface area contributed by atoms with Gasteiger partial charge >= 0.3 is 13.6 Å². The maximum Gasteiger partial charge on any atom is 1.00 e. The molecule has 0 saturated carbocycles. The molecule has 0 heterocycles. The van der Waals surface area contributed by atoms with Crippen molar-refractivity contribution in [3.8, 4) is 0 Å². The van der Waals surface area contributed by atoms with E-state index in [-0.39, 0.29) is 1.43 Å². The molecule has 0 aliphatic carbocycles. The molecule has 10 heavy (non-hydrogen) atoms. The van der Waals surface area contributed by atoms with E-state index in [9.17, 15) is 4.79 Å². The topological polar surface area (TPSA) is 121 Å². The number of primary amides is 3. The molecule has 60 valence electrons. The Hall–Kier alpha value is -1.46. The Balaban J connectivity index is -0.000000114. The predicted molar refractivity (Wildman–Crippen MR) is 36.1 cm³/mol. The van der Waals surface area contributed by atoms with Crippen molar-refractivity contribution in [2.75, 3.05) is 6.61 Å². The second kappa shape index (κ2) is 7.54. The molecule has 0 fully saturated rings. The van der Waals surface area contributed by atoms with Crippen molar-refractivity contribution >= 4 is 12.1 Å². The Morgan fingerprint density at radius 1 is 1.40 bits per heavy atom. The van der Waals surface area contributed by atoms with Crippen LogP contribution in [0.25, 0.3) is 0 Å². The Labute approximate surface area is 59.8 Å². The highest BCUT2D eigenvalue weighted by Gasteiger charge is 1.82. The summed E-state index contributed by atoms with van der Waals surface area (Å²) in [5.41, 5.74) is 13.0. The van der Waals surface area contributed by atoms with Gasteiger partial charge in [-0.25, -0.2) is 9.59 Å². The van der Waals surface area contributed by atoms with Crippen LogP contribution in [-0.4, -0.2) is 18.7 Å². The molecule has 0 unspecified atom stereocenters. The number of amides is 3. The van der Waals surface area contributed by atoms with Crippen LogP contribution in [0.15, 0.2) is 0 Å². The summed E-state index contributed by atoms with van der Waals surface area (Å²) < 4.78 is 4.18. The van der Waals surface area contributed by atoms with Crippen LogP contribution in [-0.2, 0) is 4.74 Å². The fourth-order valence-corrected chi connectivity index (χ4v) is 0.142. The van der Waals surface area contributed by atoms with Crippen molar-refractivity contribution in [1.29, 1.82) is 0 Å². The Morgan fingerprint density at radius 2 is 1.70 bits per heavy atom. The fraction of sp³-hybridized carbons (Fsp3) is 0.500. The molecular formula is C4H12N3O3+. The van der Waals surface area contributed by atoms with Crippen molar-refractivity contribution in [1.82, 2.24) is 0 Å². The average molecular weight is 150 g/mol. The summed E-state index contributed by atoms with van der Waals surface area (Å²) in [7, 11) is 0. The first-order valence-corrected chi connectivity index (χ1v) is 2.47. The van der Waals surface area contributed by atoms with Crippen molar-refractivity contribution in [2.45, 2.75) is 6.92 Å². The summed E-state index contributed by atoms with van der Waals surface area (Å²) >= 11 is 0. The van der Waals surface area contributed by atoms with Crippen LogP contribution in [0.1, 0.15) is 8.35 Å². The maximum absolute atomic E-state index is 9.60. The molecule has 0 aliphatic rings. The molecule has 3 amide bonds. The van der Waals surface area contributed by atoms with Gasteiger partial charge in [-0.2, -0.15) is 0 Å². The third kappa shape index (κ3) is 84.6. The summed E-state index contributed by atoms with van der Waals surface area (Å²) in [5.74, 6) is 0. The summed E-state index contributed by atoms with van der Waals surface area (Å²) in [4.78, 5) is 18.6. The van der Waals surface area contributed by atoms with E-state index in [4.69, 9.17) is 4.79 Å². The van der Waals surface area contributed by atoms with Crippen LogP contribution in [0.2, 0.25) is 0 Å². The van der Waals surface area contributed by atoms with E-state index < -0.39 is 12.1 Å². The molecule has 0 atom stereocenters. The van der Waals surface area contributed by atoms with Crippen LogP contribution >= 0.6 is 0 Å². The summed E-state index contributed by atoms with van der Waals surface area (Å²) in [6.07, 6.45) is -0.711. The normalized spacial score (nSPS) is 6.90. The average Bonchev–Trinajstić information content (AvgIpc) is 1.62. The van der Waals surface area contributed by atoms with Crippen molar-refractivity contribution in [3.63, 3.8) is 0 Å². The largest absolute Gasteiger partial charge is 1.00 e. The first-order chi connectivity index (χ1) is 4.50. The van der Waals surface area contributed by atoms with Gasteiger partial charge in [0.05, 0.1) is 6.61 Å². The smallest absolute Gasteiger partial charge is 0.450 e. The Kier molecular flexibility index (Phi) is 8.56. The molecule has 0 bridgehead atoms. The molecule has 0 aromatic carbocycles. The number of rotatable bonds is 1. The first-order valence-electron chi connectivity index (χ1n) is 2.47. The quantitative estimate of drug-likeness (QED) is 0.455. The minimum atomic E-state index is -0.833. The number of urea groups is 1. The van der Waals surface area contributed by atoms with Crippen LogP contribution in [0.4, 0.5) is 9.59 Å². The second-order valence-corrected chi connectivity index (χ2v) is 1.15. The minimum absolute atomic E-state index is 0. The number of carbonyl (C=O) groups is 2. The molecule has 0 rings (SSSR count). The molecule has 0 spiro atoms. The van der Waals surface area contributed by atoms with Gasteiger partial charge in [0.2, 0.25) is 0 Å². The van der Waals surface area contributed by atoms with Gasteiger partial charge in [0.15, 0.2) is 0 Å². The lowest BCUT2D eigenvalue weighted by molar-refractivity contribution is 0.163. The molecule has 0 aliphatic heterocycles. The highest BCUT2D eigenvalue weighted by atomic mass is 16.5. The third-order valence-electron chi connectivity index (χ3n) is 0.287. The zero-order valence-corrected chi connectivity index (χ0v) is 5.66. The predicted octanol–water partition coefficient (Wildman–Crippen LogP) is -0.762. The van der Waals surface area contributed by atoms with Crippen molar-refractivity contribution < 1.29 is 15.8 Å². The van der Waals surface area contributed by atoms with Gasteiger partial charge in [0.1, 0.15) is 0 Å². The van der Waals surface area contributed by atoms with E-state index in [0.29, 0.717) is 6.61 Å². The zero-order valence-electron chi connectivity index (χ0n) is 6.66. The highest BCUT2D eigenvalue weighted by molar-refractivity contribution is 5.69. The van der Waals surface area contributed by atoms with Crippen LogP contribution in [0, 0.1) is 0 Å². The van der Waals surface area contributed by atoms with Gasteiger partial charge in [0.25, 0.3) is 0 Å². The molecule has 6 nitrogen and oxygen atoms in total. The standard InChI is InChI=1S/C3H7NO2.CH4N2O/c1-2-6-3(4)5;2-1(3)4/h2H2,1H3,(H2,4,5);(H4,2,3,4)/p+1.